The van der Waals surface area contributed by atoms with Crippen molar-refractivity contribution < 1.29 is 14.3 Å². The number of carbonyl (C=O) groups is 1. The molecule has 0 radical (unpaired) electrons. The van der Waals surface area contributed by atoms with Crippen molar-refractivity contribution in [1.29, 1.82) is 0 Å². The monoisotopic (exact) mass is 339 g/mol. The molecule has 0 saturated heterocycles. The Bertz CT molecular complexity index is 639. The minimum Gasteiger partial charge on any atom is -0.497 e. The van der Waals surface area contributed by atoms with Crippen molar-refractivity contribution in [2.45, 2.75) is 13.0 Å². The van der Waals surface area contributed by atoms with Crippen LogP contribution in [0.4, 0.5) is 5.69 Å². The maximum Gasteiger partial charge on any atom is 0.265 e. The molecule has 0 saturated carbocycles. The van der Waals surface area contributed by atoms with Crippen LogP contribution in [0.5, 0.6) is 11.5 Å². The van der Waals surface area contributed by atoms with E-state index in [0.29, 0.717) is 21.5 Å². The first-order chi connectivity index (χ1) is 10.5. The number of nitrogens with one attached hydrogen (secondary N) is 1. The van der Waals surface area contributed by atoms with E-state index in [1.165, 1.54) is 0 Å². The van der Waals surface area contributed by atoms with Crippen LogP contribution in [0.1, 0.15) is 6.92 Å². The van der Waals surface area contributed by atoms with Crippen molar-refractivity contribution >= 4 is 34.8 Å². The van der Waals surface area contributed by atoms with E-state index in [1.54, 1.807) is 56.5 Å². The summed E-state index contributed by atoms with van der Waals surface area (Å²) in [5, 5.41) is 3.61. The first-order valence-electron chi connectivity index (χ1n) is 6.55. The van der Waals surface area contributed by atoms with Gasteiger partial charge in [-0.25, -0.2) is 0 Å². The largest absolute Gasteiger partial charge is 0.497 e. The second-order valence-corrected chi connectivity index (χ2v) is 5.46. The van der Waals surface area contributed by atoms with Crippen molar-refractivity contribution in [3.8, 4) is 11.5 Å². The van der Waals surface area contributed by atoms with E-state index in [2.05, 4.69) is 5.32 Å². The number of ether oxygens (including phenoxy) is 2. The Hall–Kier alpha value is -1.91. The molecule has 116 valence electrons. The molecule has 2 aromatic rings. The zero-order chi connectivity index (χ0) is 16.1. The van der Waals surface area contributed by atoms with Crippen LogP contribution in [0.3, 0.4) is 0 Å². The molecule has 0 aromatic heterocycles. The molecule has 0 spiro atoms. The summed E-state index contributed by atoms with van der Waals surface area (Å²) in [7, 11) is 1.59. The Morgan fingerprint density at radius 2 is 1.59 bits per heavy atom. The van der Waals surface area contributed by atoms with Gasteiger partial charge in [0.2, 0.25) is 0 Å². The van der Waals surface area contributed by atoms with Crippen molar-refractivity contribution in [2.24, 2.45) is 0 Å². The molecule has 22 heavy (non-hydrogen) atoms. The molecule has 1 N–H and O–H groups in total. The van der Waals surface area contributed by atoms with E-state index >= 15 is 0 Å². The molecular formula is C16H15Cl2NO3. The number of hydrogen-bond acceptors (Lipinski definition) is 3. The highest BCUT2D eigenvalue weighted by atomic mass is 35.5. The lowest BCUT2D eigenvalue weighted by Crippen LogP contribution is -2.30. The van der Waals surface area contributed by atoms with Gasteiger partial charge in [0.1, 0.15) is 11.5 Å². The molecule has 2 aromatic carbocycles. The van der Waals surface area contributed by atoms with Crippen LogP contribution in [-0.2, 0) is 4.79 Å². The molecule has 0 aliphatic heterocycles. The second kappa shape index (κ2) is 7.38. The van der Waals surface area contributed by atoms with Gasteiger partial charge >= 0.3 is 0 Å². The third-order valence-electron chi connectivity index (χ3n) is 2.87. The normalized spacial score (nSPS) is 11.6. The molecule has 4 nitrogen and oxygen atoms in total. The molecule has 0 aliphatic rings. The number of carbonyl (C=O) groups excluding carboxylic acids is 1. The molecule has 2 rings (SSSR count). The van der Waals surface area contributed by atoms with E-state index in [0.717, 1.165) is 5.75 Å². The van der Waals surface area contributed by atoms with Gasteiger partial charge in [0.25, 0.3) is 5.91 Å². The standard InChI is InChI=1S/C16H15Cl2NO3/c1-10(22-15-5-3-14(21-2)4-6-15)16(20)19-13-8-11(17)7-12(18)9-13/h3-10H,1-2H3,(H,19,20)/t10-/m1/s1. The molecule has 6 heteroatoms. The van der Waals surface area contributed by atoms with Gasteiger partial charge in [-0.1, -0.05) is 23.2 Å². The molecule has 0 bridgehead atoms. The molecule has 0 fully saturated rings. The first kappa shape index (κ1) is 16.5. The van der Waals surface area contributed by atoms with E-state index in [4.69, 9.17) is 32.7 Å². The van der Waals surface area contributed by atoms with Crippen LogP contribution in [0.2, 0.25) is 10.0 Å². The summed E-state index contributed by atoms with van der Waals surface area (Å²) >= 11 is 11.8. The Labute approximate surface area is 138 Å². The smallest absolute Gasteiger partial charge is 0.265 e. The summed E-state index contributed by atoms with van der Waals surface area (Å²) in [6.07, 6.45) is -0.675. The number of halogens is 2. The van der Waals surface area contributed by atoms with Gasteiger partial charge in [-0.3, -0.25) is 4.79 Å². The fourth-order valence-corrected chi connectivity index (χ4v) is 2.31. The quantitative estimate of drug-likeness (QED) is 0.877. The second-order valence-electron chi connectivity index (χ2n) is 4.58. The third kappa shape index (κ3) is 4.55. The third-order valence-corrected chi connectivity index (χ3v) is 3.31. The van der Waals surface area contributed by atoms with E-state index < -0.39 is 6.10 Å². The van der Waals surface area contributed by atoms with Crippen LogP contribution >= 0.6 is 23.2 Å². The molecule has 0 unspecified atom stereocenters. The Morgan fingerprint density at radius 3 is 2.14 bits per heavy atom. The molecule has 1 amide bonds. The Balaban J connectivity index is 1.99. The maximum absolute atomic E-state index is 12.1. The SMILES string of the molecule is COc1ccc(O[C@H](C)C(=O)Nc2cc(Cl)cc(Cl)c2)cc1. The summed E-state index contributed by atoms with van der Waals surface area (Å²) in [4.78, 5) is 12.1. The Morgan fingerprint density at radius 1 is 1.05 bits per heavy atom. The topological polar surface area (TPSA) is 47.6 Å². The van der Waals surface area contributed by atoms with Gasteiger partial charge < -0.3 is 14.8 Å². The summed E-state index contributed by atoms with van der Waals surface area (Å²) in [6.45, 7) is 1.66. The number of methoxy groups -OCH3 is 1. The average Bonchev–Trinajstić information content (AvgIpc) is 2.46. The van der Waals surface area contributed by atoms with Gasteiger partial charge in [0.05, 0.1) is 7.11 Å². The minimum atomic E-state index is -0.675. The molecule has 0 heterocycles. The lowest BCUT2D eigenvalue weighted by atomic mass is 10.3. The maximum atomic E-state index is 12.1. The highest BCUT2D eigenvalue weighted by Gasteiger charge is 2.15. The average molecular weight is 340 g/mol. The van der Waals surface area contributed by atoms with Crippen molar-refractivity contribution in [3.63, 3.8) is 0 Å². The molecule has 0 aliphatic carbocycles. The fraction of sp³-hybridized carbons (Fsp3) is 0.188. The van der Waals surface area contributed by atoms with Gasteiger partial charge in [0, 0.05) is 15.7 Å². The number of rotatable bonds is 5. The van der Waals surface area contributed by atoms with E-state index in [1.807, 2.05) is 0 Å². The van der Waals surface area contributed by atoms with Crippen LogP contribution in [0.25, 0.3) is 0 Å². The number of benzene rings is 2. The first-order valence-corrected chi connectivity index (χ1v) is 7.31. The van der Waals surface area contributed by atoms with Crippen molar-refractivity contribution in [2.75, 3.05) is 12.4 Å². The van der Waals surface area contributed by atoms with Crippen LogP contribution < -0.4 is 14.8 Å². The highest BCUT2D eigenvalue weighted by Crippen LogP contribution is 2.23. The van der Waals surface area contributed by atoms with Crippen LogP contribution in [0.15, 0.2) is 42.5 Å². The van der Waals surface area contributed by atoms with Gasteiger partial charge in [-0.2, -0.15) is 0 Å². The number of hydrogen-bond donors (Lipinski definition) is 1. The molecule has 1 atom stereocenters. The van der Waals surface area contributed by atoms with Gasteiger partial charge in [-0.15, -0.1) is 0 Å². The van der Waals surface area contributed by atoms with Crippen LogP contribution in [0, 0.1) is 0 Å². The summed E-state index contributed by atoms with van der Waals surface area (Å²) in [5.74, 6) is 1.000. The fourth-order valence-electron chi connectivity index (χ4n) is 1.78. The van der Waals surface area contributed by atoms with Gasteiger partial charge in [-0.05, 0) is 49.4 Å². The molecular weight excluding hydrogens is 325 g/mol. The minimum absolute atomic E-state index is 0.297. The predicted molar refractivity (Wildman–Crippen MR) is 88.2 cm³/mol. The van der Waals surface area contributed by atoms with E-state index in [9.17, 15) is 4.79 Å². The summed E-state index contributed by atoms with van der Waals surface area (Å²) in [5.41, 5.74) is 0.521. The Kier molecular flexibility index (Phi) is 5.52. The van der Waals surface area contributed by atoms with Crippen LogP contribution in [-0.4, -0.2) is 19.1 Å². The van der Waals surface area contributed by atoms with E-state index in [-0.39, 0.29) is 5.91 Å². The predicted octanol–water partition coefficient (Wildman–Crippen LogP) is 4.41. The number of anilines is 1. The summed E-state index contributed by atoms with van der Waals surface area (Å²) < 4.78 is 10.6. The lowest BCUT2D eigenvalue weighted by molar-refractivity contribution is -0.122. The highest BCUT2D eigenvalue weighted by molar-refractivity contribution is 6.35. The van der Waals surface area contributed by atoms with Gasteiger partial charge in [0.15, 0.2) is 6.10 Å². The zero-order valence-electron chi connectivity index (χ0n) is 12.1. The van der Waals surface area contributed by atoms with Crippen molar-refractivity contribution in [1.82, 2.24) is 0 Å². The summed E-state index contributed by atoms with van der Waals surface area (Å²) in [6, 6.07) is 11.8. The zero-order valence-corrected chi connectivity index (χ0v) is 13.6. The number of amides is 1. The lowest BCUT2D eigenvalue weighted by Gasteiger charge is -2.15. The van der Waals surface area contributed by atoms with Crippen molar-refractivity contribution in [3.05, 3.63) is 52.5 Å².